The summed E-state index contributed by atoms with van der Waals surface area (Å²) in [6, 6.07) is 10.7. The van der Waals surface area contributed by atoms with Gasteiger partial charge in [0.2, 0.25) is 0 Å². The quantitative estimate of drug-likeness (QED) is 0.777. The lowest BCUT2D eigenvalue weighted by atomic mass is 10.2. The van der Waals surface area contributed by atoms with Crippen LogP contribution in [0.15, 0.2) is 24.3 Å². The zero-order chi connectivity index (χ0) is 14.8. The van der Waals surface area contributed by atoms with Gasteiger partial charge in [0.15, 0.2) is 0 Å². The Morgan fingerprint density at radius 1 is 1.20 bits per heavy atom. The standard InChI is InChI=1S/C17H30N2Si/c1-14(19(2)16-8-9-16)12-18-13-15-6-10-17(11-7-15)20(3,4)5/h6-7,10-11,14,16,18H,8-9,12-13H2,1-5H3. The minimum Gasteiger partial charge on any atom is -0.311 e. The van der Waals surface area contributed by atoms with Crippen molar-refractivity contribution in [3.63, 3.8) is 0 Å². The summed E-state index contributed by atoms with van der Waals surface area (Å²) in [5.41, 5.74) is 1.40. The van der Waals surface area contributed by atoms with Gasteiger partial charge in [0.25, 0.3) is 0 Å². The second-order valence-electron chi connectivity index (χ2n) is 7.32. The van der Waals surface area contributed by atoms with Gasteiger partial charge in [-0.05, 0) is 32.4 Å². The predicted octanol–water partition coefficient (Wildman–Crippen LogP) is 2.80. The van der Waals surface area contributed by atoms with Crippen molar-refractivity contribution in [2.45, 2.75) is 58.0 Å². The molecule has 1 atom stereocenters. The average molecular weight is 291 g/mol. The molecule has 1 N–H and O–H groups in total. The molecule has 1 unspecified atom stereocenters. The maximum Gasteiger partial charge on any atom is 0.0775 e. The zero-order valence-corrected chi connectivity index (χ0v) is 14.7. The molecule has 0 radical (unpaired) electrons. The van der Waals surface area contributed by atoms with E-state index < -0.39 is 8.07 Å². The molecular formula is C17H30N2Si. The molecule has 1 aromatic rings. The first-order chi connectivity index (χ1) is 9.38. The number of hydrogen-bond acceptors (Lipinski definition) is 2. The fraction of sp³-hybridized carbons (Fsp3) is 0.647. The van der Waals surface area contributed by atoms with E-state index in [-0.39, 0.29) is 0 Å². The van der Waals surface area contributed by atoms with Crippen molar-refractivity contribution in [3.8, 4) is 0 Å². The molecule has 1 fully saturated rings. The van der Waals surface area contributed by atoms with Crippen LogP contribution in [0.2, 0.25) is 19.6 Å². The van der Waals surface area contributed by atoms with E-state index in [1.54, 1.807) is 5.19 Å². The van der Waals surface area contributed by atoms with Crippen LogP contribution in [0.3, 0.4) is 0 Å². The van der Waals surface area contributed by atoms with Crippen molar-refractivity contribution in [3.05, 3.63) is 29.8 Å². The van der Waals surface area contributed by atoms with E-state index in [9.17, 15) is 0 Å². The van der Waals surface area contributed by atoms with Crippen LogP contribution in [0.1, 0.15) is 25.3 Å². The molecule has 0 amide bonds. The Morgan fingerprint density at radius 3 is 2.30 bits per heavy atom. The van der Waals surface area contributed by atoms with Gasteiger partial charge in [-0.1, -0.05) is 49.1 Å². The summed E-state index contributed by atoms with van der Waals surface area (Å²) < 4.78 is 0. The van der Waals surface area contributed by atoms with Crippen LogP contribution in [0.5, 0.6) is 0 Å². The van der Waals surface area contributed by atoms with Crippen LogP contribution < -0.4 is 10.5 Å². The van der Waals surface area contributed by atoms with Gasteiger partial charge >= 0.3 is 0 Å². The second-order valence-corrected chi connectivity index (χ2v) is 12.4. The lowest BCUT2D eigenvalue weighted by molar-refractivity contribution is 0.241. The first-order valence-corrected chi connectivity index (χ1v) is 11.4. The van der Waals surface area contributed by atoms with Gasteiger partial charge in [0, 0.05) is 25.2 Å². The van der Waals surface area contributed by atoms with E-state index in [1.165, 1.54) is 18.4 Å². The summed E-state index contributed by atoms with van der Waals surface area (Å²) in [4.78, 5) is 2.52. The average Bonchev–Trinajstić information content (AvgIpc) is 3.21. The molecular weight excluding hydrogens is 260 g/mol. The van der Waals surface area contributed by atoms with Gasteiger partial charge in [0.1, 0.15) is 0 Å². The number of hydrogen-bond donors (Lipinski definition) is 1. The lowest BCUT2D eigenvalue weighted by Gasteiger charge is -2.24. The second kappa shape index (κ2) is 6.42. The summed E-state index contributed by atoms with van der Waals surface area (Å²) in [7, 11) is 1.10. The van der Waals surface area contributed by atoms with E-state index >= 15 is 0 Å². The van der Waals surface area contributed by atoms with Gasteiger partial charge in [-0.15, -0.1) is 0 Å². The SMILES string of the molecule is CC(CNCc1ccc([Si](C)(C)C)cc1)N(C)C1CC1. The Labute approximate surface area is 125 Å². The van der Waals surface area contributed by atoms with Crippen LogP contribution in [0, 0.1) is 0 Å². The number of rotatable bonds is 7. The largest absolute Gasteiger partial charge is 0.311 e. The summed E-state index contributed by atoms with van der Waals surface area (Å²) >= 11 is 0. The third kappa shape index (κ3) is 4.44. The first-order valence-electron chi connectivity index (χ1n) is 7.90. The Hall–Kier alpha value is -0.643. The van der Waals surface area contributed by atoms with Crippen molar-refractivity contribution in [2.24, 2.45) is 0 Å². The fourth-order valence-electron chi connectivity index (χ4n) is 2.53. The molecule has 0 heterocycles. The lowest BCUT2D eigenvalue weighted by Crippen LogP contribution is -2.39. The highest BCUT2D eigenvalue weighted by Gasteiger charge is 2.28. The molecule has 1 aliphatic carbocycles. The molecule has 112 valence electrons. The summed E-state index contributed by atoms with van der Waals surface area (Å²) in [6.07, 6.45) is 2.78. The number of benzene rings is 1. The van der Waals surface area contributed by atoms with E-state index in [2.05, 4.69) is 68.1 Å². The maximum atomic E-state index is 3.59. The van der Waals surface area contributed by atoms with E-state index in [0.29, 0.717) is 6.04 Å². The molecule has 0 saturated heterocycles. The molecule has 0 aliphatic heterocycles. The minimum atomic E-state index is -1.15. The van der Waals surface area contributed by atoms with Gasteiger partial charge in [0.05, 0.1) is 8.07 Å². The summed E-state index contributed by atoms with van der Waals surface area (Å²) in [6.45, 7) is 11.6. The van der Waals surface area contributed by atoms with Crippen molar-refractivity contribution in [2.75, 3.05) is 13.6 Å². The van der Waals surface area contributed by atoms with Crippen molar-refractivity contribution in [1.29, 1.82) is 0 Å². The monoisotopic (exact) mass is 290 g/mol. The van der Waals surface area contributed by atoms with E-state index in [1.807, 2.05) is 0 Å². The first kappa shape index (κ1) is 15.7. The molecule has 1 aromatic carbocycles. The number of nitrogens with one attached hydrogen (secondary N) is 1. The topological polar surface area (TPSA) is 15.3 Å². The van der Waals surface area contributed by atoms with Gasteiger partial charge < -0.3 is 5.32 Å². The molecule has 1 saturated carbocycles. The molecule has 0 spiro atoms. The minimum absolute atomic E-state index is 0.628. The zero-order valence-electron chi connectivity index (χ0n) is 13.7. The normalized spacial score (nSPS) is 17.5. The smallest absolute Gasteiger partial charge is 0.0775 e. The predicted molar refractivity (Wildman–Crippen MR) is 91.4 cm³/mol. The Balaban J connectivity index is 1.76. The maximum absolute atomic E-state index is 3.59. The Bertz CT molecular complexity index is 418. The highest BCUT2D eigenvalue weighted by molar-refractivity contribution is 6.88. The molecule has 2 rings (SSSR count). The molecule has 0 bridgehead atoms. The van der Waals surface area contributed by atoms with Crippen LogP contribution >= 0.6 is 0 Å². The Morgan fingerprint density at radius 2 is 1.80 bits per heavy atom. The van der Waals surface area contributed by atoms with Crippen molar-refractivity contribution < 1.29 is 0 Å². The van der Waals surface area contributed by atoms with Crippen LogP contribution in [-0.4, -0.2) is 38.6 Å². The number of likely N-dealkylation sites (N-methyl/N-ethyl adjacent to an activating group) is 1. The number of nitrogens with zero attached hydrogens (tertiary/aromatic N) is 1. The summed E-state index contributed by atoms with van der Waals surface area (Å²) in [5, 5.41) is 5.14. The molecule has 20 heavy (non-hydrogen) atoms. The van der Waals surface area contributed by atoms with Crippen molar-refractivity contribution >= 4 is 13.3 Å². The van der Waals surface area contributed by atoms with Gasteiger partial charge in [-0.25, -0.2) is 0 Å². The Kier molecular flexibility index (Phi) is 5.05. The molecule has 1 aliphatic rings. The third-order valence-corrected chi connectivity index (χ3v) is 6.47. The van der Waals surface area contributed by atoms with Crippen LogP contribution in [-0.2, 0) is 6.54 Å². The molecule has 0 aromatic heterocycles. The molecule has 2 nitrogen and oxygen atoms in total. The highest BCUT2D eigenvalue weighted by atomic mass is 28.3. The third-order valence-electron chi connectivity index (χ3n) is 4.41. The highest BCUT2D eigenvalue weighted by Crippen LogP contribution is 2.26. The molecule has 3 heteroatoms. The van der Waals surface area contributed by atoms with Crippen LogP contribution in [0.4, 0.5) is 0 Å². The van der Waals surface area contributed by atoms with Crippen molar-refractivity contribution in [1.82, 2.24) is 10.2 Å². The van der Waals surface area contributed by atoms with E-state index in [0.717, 1.165) is 19.1 Å². The van der Waals surface area contributed by atoms with E-state index in [4.69, 9.17) is 0 Å². The van der Waals surface area contributed by atoms with Gasteiger partial charge in [-0.3, -0.25) is 4.90 Å². The van der Waals surface area contributed by atoms with Crippen LogP contribution in [0.25, 0.3) is 0 Å². The van der Waals surface area contributed by atoms with Gasteiger partial charge in [-0.2, -0.15) is 0 Å². The summed E-state index contributed by atoms with van der Waals surface area (Å²) in [5.74, 6) is 0. The fourth-order valence-corrected chi connectivity index (χ4v) is 3.70.